The molecule has 15 heteroatoms. The Labute approximate surface area is 230 Å². The normalized spacial score (nSPS) is 13.7. The van der Waals surface area contributed by atoms with E-state index in [0.29, 0.717) is 11.3 Å². The summed E-state index contributed by atoms with van der Waals surface area (Å²) in [7, 11) is 0. The minimum absolute atomic E-state index is 0.0394. The Kier molecular flexibility index (Phi) is 15.0. The quantitative estimate of drug-likeness (QED) is 0.0568. The van der Waals surface area contributed by atoms with E-state index < -0.39 is 60.2 Å². The Morgan fingerprint density at radius 1 is 0.897 bits per heavy atom. The first kappa shape index (κ1) is 33.2. The largest absolute Gasteiger partial charge is 0.481 e. The number of hydrogen-bond donors (Lipinski definition) is 8. The van der Waals surface area contributed by atoms with Gasteiger partial charge in [-0.3, -0.25) is 24.2 Å². The highest BCUT2D eigenvalue weighted by molar-refractivity contribution is 7.98. The van der Waals surface area contributed by atoms with Gasteiger partial charge in [-0.25, -0.2) is 4.79 Å². The van der Waals surface area contributed by atoms with Crippen LogP contribution in [0.25, 0.3) is 0 Å². The second-order valence-corrected chi connectivity index (χ2v) is 9.63. The van der Waals surface area contributed by atoms with Crippen molar-refractivity contribution in [2.45, 2.75) is 56.3 Å². The van der Waals surface area contributed by atoms with Crippen molar-refractivity contribution in [2.75, 3.05) is 18.6 Å². The van der Waals surface area contributed by atoms with Crippen LogP contribution >= 0.6 is 11.8 Å². The molecular formula is C24H37N7O7S. The number of carboxylic acids is 2. The van der Waals surface area contributed by atoms with E-state index in [0.717, 1.165) is 0 Å². The van der Waals surface area contributed by atoms with Gasteiger partial charge in [-0.2, -0.15) is 11.8 Å². The maximum atomic E-state index is 13.2. The second-order valence-electron chi connectivity index (χ2n) is 8.65. The van der Waals surface area contributed by atoms with Crippen LogP contribution in [0.1, 0.15) is 31.2 Å². The van der Waals surface area contributed by atoms with Crippen molar-refractivity contribution in [3.63, 3.8) is 0 Å². The molecule has 0 heterocycles. The molecule has 3 amide bonds. The van der Waals surface area contributed by atoms with Crippen LogP contribution in [-0.2, 0) is 30.4 Å². The SMILES string of the molecule is CSCCC(NC(=O)C(N)CC(=O)O)C(=O)NC(Cc1ccccc1)C(=O)NC(CCCN=C(N)N)C(=O)O. The average molecular weight is 568 g/mol. The van der Waals surface area contributed by atoms with Crippen molar-refractivity contribution >= 4 is 47.4 Å². The van der Waals surface area contributed by atoms with E-state index in [1.807, 2.05) is 0 Å². The molecule has 0 saturated carbocycles. The molecule has 1 aromatic carbocycles. The number of aliphatic imine (C=N–C) groups is 1. The Morgan fingerprint density at radius 3 is 2.05 bits per heavy atom. The lowest BCUT2D eigenvalue weighted by Crippen LogP contribution is -2.57. The van der Waals surface area contributed by atoms with Gasteiger partial charge in [-0.1, -0.05) is 30.3 Å². The molecule has 0 radical (unpaired) electrons. The fraction of sp³-hybridized carbons (Fsp3) is 0.500. The van der Waals surface area contributed by atoms with Gasteiger partial charge in [0.1, 0.15) is 18.1 Å². The summed E-state index contributed by atoms with van der Waals surface area (Å²) in [5.41, 5.74) is 16.9. The summed E-state index contributed by atoms with van der Waals surface area (Å²) in [4.78, 5) is 65.3. The van der Waals surface area contributed by atoms with Crippen LogP contribution in [-0.4, -0.2) is 88.6 Å². The first-order chi connectivity index (χ1) is 18.4. The number of guanidine groups is 1. The topological polar surface area (TPSA) is 252 Å². The molecule has 4 atom stereocenters. The number of aliphatic carboxylic acids is 2. The zero-order chi connectivity index (χ0) is 29.4. The van der Waals surface area contributed by atoms with Gasteiger partial charge in [-0.15, -0.1) is 0 Å². The van der Waals surface area contributed by atoms with Gasteiger partial charge >= 0.3 is 11.9 Å². The molecule has 0 fully saturated rings. The highest BCUT2D eigenvalue weighted by Crippen LogP contribution is 2.08. The number of carbonyl (C=O) groups excluding carboxylic acids is 3. The highest BCUT2D eigenvalue weighted by Gasteiger charge is 2.30. The van der Waals surface area contributed by atoms with Crippen LogP contribution in [0.3, 0.4) is 0 Å². The molecule has 0 aliphatic carbocycles. The molecule has 216 valence electrons. The first-order valence-electron chi connectivity index (χ1n) is 12.1. The highest BCUT2D eigenvalue weighted by atomic mass is 32.2. The van der Waals surface area contributed by atoms with Crippen LogP contribution < -0.4 is 33.2 Å². The molecule has 39 heavy (non-hydrogen) atoms. The lowest BCUT2D eigenvalue weighted by Gasteiger charge is -2.25. The molecule has 0 aromatic heterocycles. The average Bonchev–Trinajstić information content (AvgIpc) is 2.87. The minimum atomic E-state index is -1.37. The van der Waals surface area contributed by atoms with Crippen molar-refractivity contribution in [3.8, 4) is 0 Å². The van der Waals surface area contributed by atoms with E-state index in [9.17, 15) is 29.1 Å². The Bertz CT molecular complexity index is 1010. The summed E-state index contributed by atoms with van der Waals surface area (Å²) in [5, 5.41) is 26.0. The predicted molar refractivity (Wildman–Crippen MR) is 147 cm³/mol. The lowest BCUT2D eigenvalue weighted by atomic mass is 10.0. The minimum Gasteiger partial charge on any atom is -0.481 e. The Morgan fingerprint density at radius 2 is 1.49 bits per heavy atom. The van der Waals surface area contributed by atoms with Crippen molar-refractivity contribution in [1.29, 1.82) is 0 Å². The Balaban J connectivity index is 3.07. The molecule has 1 rings (SSSR count). The number of amides is 3. The monoisotopic (exact) mass is 567 g/mol. The van der Waals surface area contributed by atoms with Gasteiger partial charge in [0.05, 0.1) is 12.5 Å². The fourth-order valence-electron chi connectivity index (χ4n) is 3.43. The number of hydrogen-bond acceptors (Lipinski definition) is 8. The van der Waals surface area contributed by atoms with Crippen LogP contribution in [0.15, 0.2) is 35.3 Å². The fourth-order valence-corrected chi connectivity index (χ4v) is 3.90. The zero-order valence-corrected chi connectivity index (χ0v) is 22.5. The summed E-state index contributed by atoms with van der Waals surface area (Å²) >= 11 is 1.42. The van der Waals surface area contributed by atoms with E-state index in [2.05, 4.69) is 20.9 Å². The number of nitrogens with zero attached hydrogens (tertiary/aromatic N) is 1. The summed E-state index contributed by atoms with van der Waals surface area (Å²) in [6, 6.07) is 3.85. The number of rotatable bonds is 18. The van der Waals surface area contributed by atoms with Crippen LogP contribution in [0.2, 0.25) is 0 Å². The van der Waals surface area contributed by atoms with E-state index in [4.69, 9.17) is 22.3 Å². The van der Waals surface area contributed by atoms with Gasteiger partial charge < -0.3 is 43.4 Å². The molecule has 0 spiro atoms. The zero-order valence-electron chi connectivity index (χ0n) is 21.7. The first-order valence-corrected chi connectivity index (χ1v) is 13.5. The third-order valence-electron chi connectivity index (χ3n) is 5.45. The lowest BCUT2D eigenvalue weighted by molar-refractivity contribution is -0.142. The summed E-state index contributed by atoms with van der Waals surface area (Å²) in [5.74, 6) is -4.46. The van der Waals surface area contributed by atoms with Crippen molar-refractivity contribution in [2.24, 2.45) is 22.2 Å². The molecule has 0 aliphatic heterocycles. The number of nitrogens with two attached hydrogens (primary N) is 3. The standard InChI is InChI=1S/C24H37N7O7S/c1-39-11-9-16(29-20(34)15(25)13-19(32)33)21(35)31-18(12-14-6-3-2-4-7-14)22(36)30-17(23(37)38)8-5-10-28-24(26)27/h2-4,6-7,15-18H,5,8-13,25H2,1H3,(H,29,34)(H,30,36)(H,31,35)(H,32,33)(H,37,38)(H4,26,27,28). The number of carboxylic acid groups (broad SMARTS) is 2. The van der Waals surface area contributed by atoms with Crippen LogP contribution in [0.5, 0.6) is 0 Å². The van der Waals surface area contributed by atoms with E-state index in [-0.39, 0.29) is 38.2 Å². The molecule has 11 N–H and O–H groups in total. The Hall–Kier alpha value is -3.85. The van der Waals surface area contributed by atoms with Crippen molar-refractivity contribution < 1.29 is 34.2 Å². The number of carbonyl (C=O) groups is 5. The molecule has 4 unspecified atom stereocenters. The third-order valence-corrected chi connectivity index (χ3v) is 6.09. The van der Waals surface area contributed by atoms with Gasteiger partial charge in [-0.05, 0) is 36.8 Å². The molecule has 0 bridgehead atoms. The van der Waals surface area contributed by atoms with Crippen molar-refractivity contribution in [1.82, 2.24) is 16.0 Å². The number of nitrogens with one attached hydrogen (secondary N) is 3. The third kappa shape index (κ3) is 13.5. The molecule has 1 aromatic rings. The van der Waals surface area contributed by atoms with Crippen LogP contribution in [0, 0.1) is 0 Å². The summed E-state index contributed by atoms with van der Waals surface area (Å²) < 4.78 is 0. The summed E-state index contributed by atoms with van der Waals surface area (Å²) in [6.45, 7) is 0.174. The van der Waals surface area contributed by atoms with Gasteiger partial charge in [0, 0.05) is 13.0 Å². The van der Waals surface area contributed by atoms with Crippen molar-refractivity contribution in [3.05, 3.63) is 35.9 Å². The van der Waals surface area contributed by atoms with Gasteiger partial charge in [0.25, 0.3) is 0 Å². The second kappa shape index (κ2) is 17.6. The van der Waals surface area contributed by atoms with E-state index in [1.165, 1.54) is 11.8 Å². The number of thioether (sulfide) groups is 1. The van der Waals surface area contributed by atoms with Gasteiger partial charge in [0.2, 0.25) is 17.7 Å². The van der Waals surface area contributed by atoms with Crippen LogP contribution in [0.4, 0.5) is 0 Å². The van der Waals surface area contributed by atoms with E-state index in [1.54, 1.807) is 36.6 Å². The smallest absolute Gasteiger partial charge is 0.326 e. The molecule has 0 aliphatic rings. The molecule has 14 nitrogen and oxygen atoms in total. The van der Waals surface area contributed by atoms with E-state index >= 15 is 0 Å². The maximum Gasteiger partial charge on any atom is 0.326 e. The maximum absolute atomic E-state index is 13.2. The number of benzene rings is 1. The summed E-state index contributed by atoms with van der Waals surface area (Å²) in [6.07, 6.45) is 1.72. The van der Waals surface area contributed by atoms with Gasteiger partial charge in [0.15, 0.2) is 5.96 Å². The molecule has 0 saturated heterocycles. The molecular weight excluding hydrogens is 530 g/mol. The predicted octanol–water partition coefficient (Wildman–Crippen LogP) is -1.62.